The van der Waals surface area contributed by atoms with E-state index in [1.807, 2.05) is 0 Å². The molecule has 3 rings (SSSR count). The second kappa shape index (κ2) is 5.65. The maximum Gasteiger partial charge on any atom is 0.335 e. The van der Waals surface area contributed by atoms with Crippen molar-refractivity contribution in [1.82, 2.24) is 4.98 Å². The highest BCUT2D eigenvalue weighted by Crippen LogP contribution is 2.29. The minimum absolute atomic E-state index is 0.0982. The Labute approximate surface area is 125 Å². The van der Waals surface area contributed by atoms with E-state index in [9.17, 15) is 9.59 Å². The lowest BCUT2D eigenvalue weighted by atomic mass is 10.0. The Balaban J connectivity index is 1.78. The summed E-state index contributed by atoms with van der Waals surface area (Å²) < 4.78 is 0. The zero-order valence-corrected chi connectivity index (χ0v) is 12.1. The molecule has 0 aliphatic heterocycles. The van der Waals surface area contributed by atoms with Crippen molar-refractivity contribution in [2.75, 3.05) is 5.32 Å². The molecule has 1 aliphatic rings. The number of benzene rings is 1. The minimum Gasteiger partial charge on any atom is -0.478 e. The molecule has 0 radical (unpaired) electrons. The molecule has 1 heterocycles. The number of aryl methyl sites for hydroxylation is 2. The number of carbonyl (C=O) groups is 2. The second-order valence-electron chi connectivity index (χ2n) is 4.94. The molecule has 6 heteroatoms. The predicted octanol–water partition coefficient (Wildman–Crippen LogP) is 2.97. The van der Waals surface area contributed by atoms with Crippen molar-refractivity contribution < 1.29 is 14.7 Å². The molecular weight excluding hydrogens is 288 g/mol. The first-order chi connectivity index (χ1) is 10.1. The van der Waals surface area contributed by atoms with Gasteiger partial charge in [-0.2, -0.15) is 0 Å². The van der Waals surface area contributed by atoms with E-state index >= 15 is 0 Å². The number of nitrogens with zero attached hydrogens (tertiary/aromatic N) is 1. The van der Waals surface area contributed by atoms with Crippen LogP contribution in [0.15, 0.2) is 24.3 Å². The van der Waals surface area contributed by atoms with Gasteiger partial charge in [0.1, 0.15) is 0 Å². The third kappa shape index (κ3) is 2.95. The fourth-order valence-electron chi connectivity index (χ4n) is 2.37. The Kier molecular flexibility index (Phi) is 3.70. The van der Waals surface area contributed by atoms with Crippen molar-refractivity contribution in [1.29, 1.82) is 0 Å². The van der Waals surface area contributed by atoms with E-state index in [0.29, 0.717) is 10.7 Å². The standard InChI is InChI=1S/C15H14N2O3S/c18-13(9-4-3-5-10(8-9)14(19)20)17-15-16-11-6-1-2-7-12(11)21-15/h3-5,8H,1-2,6-7H2,(H,19,20)(H,16,17,18). The summed E-state index contributed by atoms with van der Waals surface area (Å²) in [7, 11) is 0. The summed E-state index contributed by atoms with van der Waals surface area (Å²) >= 11 is 1.51. The number of rotatable bonds is 3. The van der Waals surface area contributed by atoms with E-state index in [1.165, 1.54) is 34.8 Å². The molecule has 1 amide bonds. The van der Waals surface area contributed by atoms with E-state index in [4.69, 9.17) is 5.11 Å². The number of aromatic nitrogens is 1. The quantitative estimate of drug-likeness (QED) is 0.913. The number of hydrogen-bond donors (Lipinski definition) is 2. The minimum atomic E-state index is -1.05. The molecular formula is C15H14N2O3S. The van der Waals surface area contributed by atoms with Gasteiger partial charge in [0, 0.05) is 10.4 Å². The van der Waals surface area contributed by atoms with E-state index in [2.05, 4.69) is 10.3 Å². The highest BCUT2D eigenvalue weighted by atomic mass is 32.1. The van der Waals surface area contributed by atoms with Gasteiger partial charge in [0.15, 0.2) is 5.13 Å². The third-order valence-corrected chi connectivity index (χ3v) is 4.51. The molecule has 0 bridgehead atoms. The monoisotopic (exact) mass is 302 g/mol. The van der Waals surface area contributed by atoms with Crippen molar-refractivity contribution in [3.05, 3.63) is 46.0 Å². The molecule has 0 fully saturated rings. The van der Waals surface area contributed by atoms with Gasteiger partial charge >= 0.3 is 5.97 Å². The molecule has 108 valence electrons. The van der Waals surface area contributed by atoms with Gasteiger partial charge in [-0.25, -0.2) is 9.78 Å². The summed E-state index contributed by atoms with van der Waals surface area (Å²) in [6, 6.07) is 5.98. The first-order valence-corrected chi connectivity index (χ1v) is 7.58. The fourth-order valence-corrected chi connectivity index (χ4v) is 3.41. The van der Waals surface area contributed by atoms with Crippen LogP contribution in [0.1, 0.15) is 44.1 Å². The van der Waals surface area contributed by atoms with Gasteiger partial charge in [0.2, 0.25) is 0 Å². The zero-order chi connectivity index (χ0) is 14.8. The average Bonchev–Trinajstić information content (AvgIpc) is 2.89. The zero-order valence-electron chi connectivity index (χ0n) is 11.3. The molecule has 2 N–H and O–H groups in total. The Hall–Kier alpha value is -2.21. The molecule has 5 nitrogen and oxygen atoms in total. The maximum absolute atomic E-state index is 12.2. The van der Waals surface area contributed by atoms with Crippen LogP contribution in [0.4, 0.5) is 5.13 Å². The van der Waals surface area contributed by atoms with E-state index in [0.717, 1.165) is 25.0 Å². The van der Waals surface area contributed by atoms with E-state index < -0.39 is 5.97 Å². The van der Waals surface area contributed by atoms with Crippen LogP contribution in [0.5, 0.6) is 0 Å². The van der Waals surface area contributed by atoms with Crippen molar-refractivity contribution in [3.63, 3.8) is 0 Å². The second-order valence-corrected chi connectivity index (χ2v) is 6.02. The molecule has 0 saturated heterocycles. The number of fused-ring (bicyclic) bond motifs is 1. The average molecular weight is 302 g/mol. The van der Waals surface area contributed by atoms with Crippen LogP contribution < -0.4 is 5.32 Å². The van der Waals surface area contributed by atoms with Crippen LogP contribution in [0, 0.1) is 0 Å². The van der Waals surface area contributed by atoms with Gasteiger partial charge in [-0.1, -0.05) is 6.07 Å². The van der Waals surface area contributed by atoms with E-state index in [1.54, 1.807) is 12.1 Å². The molecule has 1 aliphatic carbocycles. The summed E-state index contributed by atoms with van der Waals surface area (Å²) in [6.45, 7) is 0. The first kappa shape index (κ1) is 13.8. The van der Waals surface area contributed by atoms with Crippen LogP contribution in [-0.4, -0.2) is 22.0 Å². The summed E-state index contributed by atoms with van der Waals surface area (Å²) in [5, 5.41) is 12.3. The molecule has 1 aromatic heterocycles. The van der Waals surface area contributed by atoms with Crippen molar-refractivity contribution in [2.45, 2.75) is 25.7 Å². The smallest absolute Gasteiger partial charge is 0.335 e. The fraction of sp³-hybridized carbons (Fsp3) is 0.267. The predicted molar refractivity (Wildman–Crippen MR) is 80.1 cm³/mol. The highest BCUT2D eigenvalue weighted by Gasteiger charge is 2.17. The Bertz CT molecular complexity index is 685. The number of carbonyl (C=O) groups excluding carboxylic acids is 1. The van der Waals surface area contributed by atoms with Gasteiger partial charge in [-0.15, -0.1) is 11.3 Å². The summed E-state index contributed by atoms with van der Waals surface area (Å²) in [6.07, 6.45) is 4.31. The highest BCUT2D eigenvalue weighted by molar-refractivity contribution is 7.15. The van der Waals surface area contributed by atoms with Crippen LogP contribution in [-0.2, 0) is 12.8 Å². The number of hydrogen-bond acceptors (Lipinski definition) is 4. The largest absolute Gasteiger partial charge is 0.478 e. The van der Waals surface area contributed by atoms with Gasteiger partial charge < -0.3 is 5.11 Å². The third-order valence-electron chi connectivity index (χ3n) is 3.44. The topological polar surface area (TPSA) is 79.3 Å². The van der Waals surface area contributed by atoms with Gasteiger partial charge in [-0.05, 0) is 43.9 Å². The lowest BCUT2D eigenvalue weighted by Crippen LogP contribution is -2.12. The number of anilines is 1. The molecule has 0 spiro atoms. The van der Waals surface area contributed by atoms with Crippen molar-refractivity contribution >= 4 is 28.3 Å². The van der Waals surface area contributed by atoms with E-state index in [-0.39, 0.29) is 11.5 Å². The summed E-state index contributed by atoms with van der Waals surface area (Å²) in [5.74, 6) is -1.38. The van der Waals surface area contributed by atoms with Crippen LogP contribution >= 0.6 is 11.3 Å². The summed E-state index contributed by atoms with van der Waals surface area (Å²) in [4.78, 5) is 28.8. The maximum atomic E-state index is 12.2. The van der Waals surface area contributed by atoms with Crippen molar-refractivity contribution in [2.24, 2.45) is 0 Å². The lowest BCUT2D eigenvalue weighted by molar-refractivity contribution is 0.0697. The Morgan fingerprint density at radius 3 is 2.71 bits per heavy atom. The van der Waals surface area contributed by atoms with Crippen LogP contribution in [0.2, 0.25) is 0 Å². The first-order valence-electron chi connectivity index (χ1n) is 6.77. The number of thiazole rings is 1. The molecule has 1 aromatic carbocycles. The Morgan fingerprint density at radius 1 is 1.19 bits per heavy atom. The van der Waals surface area contributed by atoms with Gasteiger partial charge in [-0.3, -0.25) is 10.1 Å². The SMILES string of the molecule is O=C(O)c1cccc(C(=O)Nc2nc3c(s2)CCCC3)c1. The number of carboxylic acid groups (broad SMARTS) is 1. The van der Waals surface area contributed by atoms with Gasteiger partial charge in [0.05, 0.1) is 11.3 Å². The molecule has 21 heavy (non-hydrogen) atoms. The van der Waals surface area contributed by atoms with Crippen LogP contribution in [0.3, 0.4) is 0 Å². The molecule has 0 saturated carbocycles. The number of carboxylic acids is 1. The lowest BCUT2D eigenvalue weighted by Gasteiger charge is -2.06. The van der Waals surface area contributed by atoms with Crippen molar-refractivity contribution in [3.8, 4) is 0 Å². The van der Waals surface area contributed by atoms with Gasteiger partial charge in [0.25, 0.3) is 5.91 Å². The number of nitrogens with one attached hydrogen (secondary N) is 1. The normalized spacial score (nSPS) is 13.5. The van der Waals surface area contributed by atoms with Crippen LogP contribution in [0.25, 0.3) is 0 Å². The summed E-state index contributed by atoms with van der Waals surface area (Å²) in [5.41, 5.74) is 1.50. The molecule has 0 unspecified atom stereocenters. The Morgan fingerprint density at radius 2 is 1.95 bits per heavy atom. The molecule has 2 aromatic rings. The molecule has 0 atom stereocenters. The number of amides is 1. The number of aromatic carboxylic acids is 1.